The Morgan fingerprint density at radius 3 is 1.88 bits per heavy atom. The van der Waals surface area contributed by atoms with E-state index in [9.17, 15) is 24.2 Å². The van der Waals surface area contributed by atoms with Crippen LogP contribution >= 0.6 is 10.2 Å². The maximum Gasteiger partial charge on any atom is 0.294 e. The zero-order valence-electron chi connectivity index (χ0n) is 9.10. The van der Waals surface area contributed by atoms with Gasteiger partial charge in [0.05, 0.1) is 0 Å². The molecular weight excluding hydrogens is 251 g/mol. The lowest BCUT2D eigenvalue weighted by atomic mass is 10.1. The van der Waals surface area contributed by atoms with Gasteiger partial charge in [-0.1, -0.05) is 58.5 Å². The first-order valence-electron chi connectivity index (χ1n) is 5.19. The molecule has 0 saturated carbocycles. The molecule has 0 aromatic carbocycles. The van der Waals surface area contributed by atoms with E-state index in [-0.39, 0.29) is 6.42 Å². The number of unbranched alkanes of at least 4 members (excludes halogenated alkanes) is 4. The van der Waals surface area contributed by atoms with Crippen LogP contribution in [-0.2, 0) is 4.79 Å². The van der Waals surface area contributed by atoms with E-state index in [1.807, 2.05) is 6.92 Å². The minimum Gasteiger partial charge on any atom is -0.302 e. The van der Waals surface area contributed by atoms with E-state index in [1.165, 1.54) is 0 Å². The fourth-order valence-corrected chi connectivity index (χ4v) is 2.17. The molecule has 0 rings (SSSR count). The predicted molar refractivity (Wildman–Crippen MR) is 56.4 cm³/mol. The lowest BCUT2D eigenvalue weighted by Crippen LogP contribution is -2.26. The first-order chi connectivity index (χ1) is 7.01. The third kappa shape index (κ3) is 6.30. The van der Waals surface area contributed by atoms with Crippen LogP contribution in [0.15, 0.2) is 0 Å². The molecule has 0 bridgehead atoms. The van der Waals surface area contributed by atoms with Gasteiger partial charge in [0.2, 0.25) is 0 Å². The number of carbonyl (C=O) groups excluding carboxylic acids is 1. The van der Waals surface area contributed by atoms with Crippen molar-refractivity contribution in [2.75, 3.05) is 0 Å². The molecule has 7 heteroatoms. The molecule has 0 N–H and O–H groups in total. The van der Waals surface area contributed by atoms with Gasteiger partial charge in [0.25, 0.3) is 10.2 Å². The highest BCUT2D eigenvalue weighted by Crippen LogP contribution is 3.00. The molecule has 0 aliphatic heterocycles. The molecule has 0 radical (unpaired) electrons. The average molecular weight is 268 g/mol. The predicted octanol–water partition coefficient (Wildman–Crippen LogP) is 5.21. The summed E-state index contributed by atoms with van der Waals surface area (Å²) in [5, 5.41) is -3.08. The van der Waals surface area contributed by atoms with Crippen LogP contribution in [0.2, 0.25) is 0 Å². The Labute approximate surface area is 92.1 Å². The molecule has 0 unspecified atom stereocenters. The number of carbonyl (C=O) groups is 1. The van der Waals surface area contributed by atoms with E-state index in [1.54, 1.807) is 0 Å². The molecule has 16 heavy (non-hydrogen) atoms. The Morgan fingerprint density at radius 2 is 1.50 bits per heavy atom. The number of hydrogen-bond donors (Lipinski definition) is 0. The fourth-order valence-electron chi connectivity index (χ4n) is 1.34. The van der Waals surface area contributed by atoms with E-state index in [4.69, 9.17) is 0 Å². The highest BCUT2D eigenvalue weighted by atomic mass is 32.5. The van der Waals surface area contributed by atoms with Gasteiger partial charge in [-0.25, -0.2) is 0 Å². The van der Waals surface area contributed by atoms with Crippen LogP contribution in [0.25, 0.3) is 0 Å². The summed E-state index contributed by atoms with van der Waals surface area (Å²) in [5.74, 6) is 0. The Morgan fingerprint density at radius 1 is 1.00 bits per heavy atom. The minimum absolute atomic E-state index is 0.00894. The average Bonchev–Trinajstić information content (AvgIpc) is 2.06. The third-order valence-electron chi connectivity index (χ3n) is 2.32. The smallest absolute Gasteiger partial charge is 0.294 e. The molecule has 0 aliphatic carbocycles. The summed E-state index contributed by atoms with van der Waals surface area (Å²) >= 11 is 0. The van der Waals surface area contributed by atoms with Gasteiger partial charge in [0.1, 0.15) is 6.29 Å². The second-order valence-corrected chi connectivity index (χ2v) is 6.57. The molecule has 0 amide bonds. The zero-order chi connectivity index (χ0) is 12.9. The van der Waals surface area contributed by atoms with Crippen molar-refractivity contribution in [1.29, 1.82) is 0 Å². The maximum absolute atomic E-state index is 12.2. The molecule has 0 saturated heterocycles. The molecule has 0 aromatic rings. The van der Waals surface area contributed by atoms with Crippen LogP contribution in [0, 0.1) is 0 Å². The van der Waals surface area contributed by atoms with Crippen LogP contribution in [0.4, 0.5) is 19.4 Å². The first kappa shape index (κ1) is 15.7. The normalized spacial score (nSPS) is 18.6. The number of hydrogen-bond acceptors (Lipinski definition) is 1. The van der Waals surface area contributed by atoms with Crippen LogP contribution in [-0.4, -0.2) is 11.5 Å². The second-order valence-electron chi connectivity index (χ2n) is 3.91. The summed E-state index contributed by atoms with van der Waals surface area (Å²) in [7, 11) is -9.62. The minimum atomic E-state index is -9.62. The largest absolute Gasteiger partial charge is 0.302 e. The molecule has 1 atom stereocenters. The molecule has 0 heterocycles. The van der Waals surface area contributed by atoms with Crippen molar-refractivity contribution in [3.05, 3.63) is 0 Å². The van der Waals surface area contributed by atoms with Crippen LogP contribution in [0.3, 0.4) is 0 Å². The molecule has 0 fully saturated rings. The molecule has 1 nitrogen and oxygen atoms in total. The van der Waals surface area contributed by atoms with Crippen molar-refractivity contribution in [3.8, 4) is 0 Å². The SMILES string of the molecule is CCCCCCC[C@H](C=O)S(F)(F)(F)(F)F. The summed E-state index contributed by atoms with van der Waals surface area (Å²) in [6.45, 7) is 1.93. The summed E-state index contributed by atoms with van der Waals surface area (Å²) in [5.41, 5.74) is 0. The lowest BCUT2D eigenvalue weighted by molar-refractivity contribution is -0.108. The van der Waals surface area contributed by atoms with E-state index >= 15 is 0 Å². The monoisotopic (exact) mass is 268 g/mol. The number of halogens is 5. The molecule has 0 spiro atoms. The van der Waals surface area contributed by atoms with Crippen molar-refractivity contribution in [2.24, 2.45) is 0 Å². The van der Waals surface area contributed by atoms with Gasteiger partial charge in [0, 0.05) is 0 Å². The van der Waals surface area contributed by atoms with Crippen molar-refractivity contribution in [1.82, 2.24) is 0 Å². The van der Waals surface area contributed by atoms with Gasteiger partial charge >= 0.3 is 0 Å². The van der Waals surface area contributed by atoms with E-state index < -0.39 is 28.2 Å². The van der Waals surface area contributed by atoms with Gasteiger partial charge in [-0.2, -0.15) is 0 Å². The molecule has 100 valence electrons. The van der Waals surface area contributed by atoms with Gasteiger partial charge in [-0.3, -0.25) is 0 Å². The molecule has 0 aromatic heterocycles. The number of rotatable bonds is 8. The van der Waals surface area contributed by atoms with E-state index in [2.05, 4.69) is 0 Å². The van der Waals surface area contributed by atoms with Crippen molar-refractivity contribution >= 4 is 16.5 Å². The van der Waals surface area contributed by atoms with Crippen LogP contribution in [0.5, 0.6) is 0 Å². The van der Waals surface area contributed by atoms with Gasteiger partial charge in [-0.05, 0) is 6.42 Å². The van der Waals surface area contributed by atoms with Gasteiger partial charge < -0.3 is 4.79 Å². The van der Waals surface area contributed by atoms with Crippen molar-refractivity contribution < 1.29 is 24.2 Å². The fraction of sp³-hybridized carbons (Fsp3) is 0.889. The van der Waals surface area contributed by atoms with Crippen LogP contribution in [0.1, 0.15) is 45.4 Å². The quantitative estimate of drug-likeness (QED) is 0.335. The van der Waals surface area contributed by atoms with E-state index in [0.717, 1.165) is 12.8 Å². The lowest BCUT2D eigenvalue weighted by Gasteiger charge is -2.44. The van der Waals surface area contributed by atoms with Crippen molar-refractivity contribution in [3.63, 3.8) is 0 Å². The summed E-state index contributed by atoms with van der Waals surface area (Å²) in [4.78, 5) is 10.1. The summed E-state index contributed by atoms with van der Waals surface area (Å²) < 4.78 is 61.1. The Balaban J connectivity index is 4.20. The third-order valence-corrected chi connectivity index (χ3v) is 3.81. The van der Waals surface area contributed by atoms with Crippen molar-refractivity contribution in [2.45, 2.75) is 50.7 Å². The summed E-state index contributed by atoms with van der Waals surface area (Å²) in [6.07, 6.45) is 1.48. The van der Waals surface area contributed by atoms with Gasteiger partial charge in [0.15, 0.2) is 5.25 Å². The topological polar surface area (TPSA) is 17.1 Å². The zero-order valence-corrected chi connectivity index (χ0v) is 9.92. The molecular formula is C9H17F5OS. The highest BCUT2D eigenvalue weighted by Gasteiger charge is 2.69. The number of aldehydes is 1. The Kier molecular flexibility index (Phi) is 4.41. The van der Waals surface area contributed by atoms with E-state index in [0.29, 0.717) is 12.8 Å². The maximum atomic E-state index is 12.2. The Bertz CT molecular complexity index is 234. The first-order valence-corrected chi connectivity index (χ1v) is 7.21. The standard InChI is InChI=1S/C9H17F5OS/c1-2-3-4-5-6-7-9(8-15)16(10,11,12,13)14/h8-9H,2-7H2,1H3/t9-/m1/s1. The molecule has 0 aliphatic rings. The van der Waals surface area contributed by atoms with Gasteiger partial charge in [-0.15, -0.1) is 0 Å². The Hall–Kier alpha value is -0.330. The summed E-state index contributed by atoms with van der Waals surface area (Å²) in [6, 6.07) is 0. The second kappa shape index (κ2) is 4.50. The van der Waals surface area contributed by atoms with Crippen LogP contribution < -0.4 is 0 Å². The highest BCUT2D eigenvalue weighted by molar-refractivity contribution is 8.46.